The monoisotopic (exact) mass is 300 g/mol. The molecule has 0 aliphatic heterocycles. The second-order valence-electron chi connectivity index (χ2n) is 4.07. The van der Waals surface area contributed by atoms with E-state index in [0.29, 0.717) is 0 Å². The fraction of sp³-hybridized carbons (Fsp3) is 0.538. The molecule has 3 nitrogen and oxygen atoms in total. The summed E-state index contributed by atoms with van der Waals surface area (Å²) in [4.78, 5) is 2.24. The Balaban J connectivity index is 2.62. The molecule has 0 saturated heterocycles. The van der Waals surface area contributed by atoms with E-state index in [1.807, 2.05) is 7.05 Å². The van der Waals surface area contributed by atoms with Gasteiger partial charge in [0.05, 0.1) is 0 Å². The van der Waals surface area contributed by atoms with E-state index in [2.05, 4.69) is 51.4 Å². The molecule has 0 atom stereocenters. The first-order valence-electron chi connectivity index (χ1n) is 5.82. The number of methoxy groups -OCH3 is 1. The number of nitrogens with zero attached hydrogens (tertiary/aromatic N) is 1. The van der Waals surface area contributed by atoms with Gasteiger partial charge in [-0.05, 0) is 31.2 Å². The van der Waals surface area contributed by atoms with Crippen LogP contribution in [-0.2, 0) is 11.3 Å². The first kappa shape index (κ1) is 14.5. The van der Waals surface area contributed by atoms with E-state index in [-0.39, 0.29) is 0 Å². The molecular formula is C13H21BrN2O. The Morgan fingerprint density at radius 1 is 1.41 bits per heavy atom. The Morgan fingerprint density at radius 2 is 2.18 bits per heavy atom. The fourth-order valence-corrected chi connectivity index (χ4v) is 2.19. The maximum atomic E-state index is 5.06. The molecule has 17 heavy (non-hydrogen) atoms. The zero-order valence-corrected chi connectivity index (χ0v) is 12.4. The van der Waals surface area contributed by atoms with Crippen LogP contribution in [0.5, 0.6) is 0 Å². The minimum Gasteiger partial charge on any atom is -0.385 e. The highest BCUT2D eigenvalue weighted by Crippen LogP contribution is 2.23. The van der Waals surface area contributed by atoms with Crippen LogP contribution in [0.25, 0.3) is 0 Å². The zero-order chi connectivity index (χ0) is 12.7. The van der Waals surface area contributed by atoms with E-state index in [1.54, 1.807) is 7.11 Å². The van der Waals surface area contributed by atoms with Crippen molar-refractivity contribution in [3.63, 3.8) is 0 Å². The van der Waals surface area contributed by atoms with Gasteiger partial charge >= 0.3 is 0 Å². The predicted molar refractivity (Wildman–Crippen MR) is 76.7 cm³/mol. The fourth-order valence-electron chi connectivity index (χ4n) is 1.68. The molecule has 0 fully saturated rings. The number of hydrogen-bond donors (Lipinski definition) is 1. The van der Waals surface area contributed by atoms with E-state index in [0.717, 1.165) is 30.6 Å². The van der Waals surface area contributed by atoms with Crippen LogP contribution < -0.4 is 10.2 Å². The Morgan fingerprint density at radius 3 is 2.76 bits per heavy atom. The smallest absolute Gasteiger partial charge is 0.0479 e. The lowest BCUT2D eigenvalue weighted by Gasteiger charge is -2.20. The summed E-state index contributed by atoms with van der Waals surface area (Å²) in [7, 11) is 5.80. The summed E-state index contributed by atoms with van der Waals surface area (Å²) in [6, 6.07) is 6.48. The number of halogens is 1. The Bertz CT molecular complexity index is 344. The number of hydrogen-bond acceptors (Lipinski definition) is 3. The van der Waals surface area contributed by atoms with E-state index < -0.39 is 0 Å². The summed E-state index contributed by atoms with van der Waals surface area (Å²) in [5.74, 6) is 0. The lowest BCUT2D eigenvalue weighted by atomic mass is 10.2. The lowest BCUT2D eigenvalue weighted by molar-refractivity contribution is 0.196. The van der Waals surface area contributed by atoms with Gasteiger partial charge in [-0.1, -0.05) is 22.0 Å². The highest BCUT2D eigenvalue weighted by Gasteiger charge is 2.04. The number of anilines is 1. The largest absolute Gasteiger partial charge is 0.385 e. The molecule has 4 heteroatoms. The number of nitrogens with one attached hydrogen (secondary N) is 1. The number of rotatable bonds is 7. The first-order chi connectivity index (χ1) is 8.19. The molecule has 0 unspecified atom stereocenters. The maximum absolute atomic E-state index is 5.06. The lowest BCUT2D eigenvalue weighted by Crippen LogP contribution is -2.19. The minimum absolute atomic E-state index is 0.809. The molecule has 1 aromatic rings. The van der Waals surface area contributed by atoms with Crippen LogP contribution in [0.3, 0.4) is 0 Å². The molecule has 0 bridgehead atoms. The van der Waals surface area contributed by atoms with Crippen LogP contribution in [0.15, 0.2) is 22.7 Å². The minimum atomic E-state index is 0.809. The van der Waals surface area contributed by atoms with Crippen molar-refractivity contribution in [2.24, 2.45) is 0 Å². The normalized spacial score (nSPS) is 10.6. The van der Waals surface area contributed by atoms with Gasteiger partial charge in [0.1, 0.15) is 0 Å². The first-order valence-corrected chi connectivity index (χ1v) is 6.61. The van der Waals surface area contributed by atoms with Crippen LogP contribution in [0.1, 0.15) is 12.0 Å². The third kappa shape index (κ3) is 4.66. The molecule has 1 rings (SSSR count). The highest BCUT2D eigenvalue weighted by atomic mass is 79.9. The van der Waals surface area contributed by atoms with Crippen molar-refractivity contribution in [3.05, 3.63) is 28.2 Å². The second kappa shape index (κ2) is 7.69. The highest BCUT2D eigenvalue weighted by molar-refractivity contribution is 9.10. The molecule has 0 radical (unpaired) electrons. The molecule has 0 amide bonds. The van der Waals surface area contributed by atoms with Crippen molar-refractivity contribution >= 4 is 21.6 Å². The molecule has 0 aliphatic carbocycles. The summed E-state index contributed by atoms with van der Waals surface area (Å²) in [6.07, 6.45) is 1.04. The van der Waals surface area contributed by atoms with E-state index >= 15 is 0 Å². The van der Waals surface area contributed by atoms with Gasteiger partial charge in [0, 0.05) is 44.0 Å². The van der Waals surface area contributed by atoms with Gasteiger partial charge in [-0.15, -0.1) is 0 Å². The number of benzene rings is 1. The van der Waals surface area contributed by atoms with Crippen molar-refractivity contribution in [1.82, 2.24) is 5.32 Å². The van der Waals surface area contributed by atoms with Crippen molar-refractivity contribution in [2.75, 3.05) is 39.3 Å². The van der Waals surface area contributed by atoms with Crippen molar-refractivity contribution in [3.8, 4) is 0 Å². The summed E-state index contributed by atoms with van der Waals surface area (Å²) in [6.45, 7) is 2.70. The van der Waals surface area contributed by atoms with E-state index in [4.69, 9.17) is 4.74 Å². The standard InChI is InChI=1S/C13H21BrN2O/c1-15-10-11-5-6-12(9-13(11)14)16(2)7-4-8-17-3/h5-6,9,15H,4,7-8,10H2,1-3H3. The van der Waals surface area contributed by atoms with Gasteiger partial charge in [-0.2, -0.15) is 0 Å². The van der Waals surface area contributed by atoms with Crippen LogP contribution in [0, 0.1) is 0 Å². The summed E-state index contributed by atoms with van der Waals surface area (Å²) in [5.41, 5.74) is 2.51. The molecule has 1 aromatic carbocycles. The van der Waals surface area contributed by atoms with Crippen molar-refractivity contribution in [2.45, 2.75) is 13.0 Å². The third-order valence-corrected chi connectivity index (χ3v) is 3.42. The van der Waals surface area contributed by atoms with Gasteiger partial charge < -0.3 is 15.0 Å². The Kier molecular flexibility index (Phi) is 6.55. The quantitative estimate of drug-likeness (QED) is 0.784. The molecule has 0 aromatic heterocycles. The molecule has 0 spiro atoms. The molecule has 96 valence electrons. The van der Waals surface area contributed by atoms with Crippen LogP contribution in [0.4, 0.5) is 5.69 Å². The average molecular weight is 301 g/mol. The summed E-state index contributed by atoms with van der Waals surface area (Å²) in [5, 5.41) is 3.16. The van der Waals surface area contributed by atoms with Crippen LogP contribution in [0.2, 0.25) is 0 Å². The van der Waals surface area contributed by atoms with E-state index in [1.165, 1.54) is 11.3 Å². The van der Waals surface area contributed by atoms with Crippen molar-refractivity contribution in [1.29, 1.82) is 0 Å². The molecule has 0 heterocycles. The van der Waals surface area contributed by atoms with Crippen molar-refractivity contribution < 1.29 is 4.74 Å². The Hall–Kier alpha value is -0.580. The van der Waals surface area contributed by atoms with E-state index in [9.17, 15) is 0 Å². The predicted octanol–water partition coefficient (Wildman–Crippen LogP) is 2.64. The topological polar surface area (TPSA) is 24.5 Å². The zero-order valence-electron chi connectivity index (χ0n) is 10.8. The Labute approximate surface area is 112 Å². The summed E-state index contributed by atoms with van der Waals surface area (Å²) >= 11 is 3.61. The van der Waals surface area contributed by atoms with Gasteiger partial charge in [-0.25, -0.2) is 0 Å². The summed E-state index contributed by atoms with van der Waals surface area (Å²) < 4.78 is 6.21. The molecular weight excluding hydrogens is 280 g/mol. The van der Waals surface area contributed by atoms with Crippen LogP contribution in [-0.4, -0.2) is 34.4 Å². The third-order valence-electron chi connectivity index (χ3n) is 2.69. The van der Waals surface area contributed by atoms with Crippen LogP contribution >= 0.6 is 15.9 Å². The average Bonchev–Trinajstić information content (AvgIpc) is 2.32. The van der Waals surface area contributed by atoms with Gasteiger partial charge in [-0.3, -0.25) is 0 Å². The molecule has 1 N–H and O–H groups in total. The number of ether oxygens (including phenoxy) is 1. The SMILES string of the molecule is CNCc1ccc(N(C)CCCOC)cc1Br. The van der Waals surface area contributed by atoms with Gasteiger partial charge in [0.25, 0.3) is 0 Å². The molecule has 0 aliphatic rings. The second-order valence-corrected chi connectivity index (χ2v) is 4.93. The van der Waals surface area contributed by atoms with Gasteiger partial charge in [0.2, 0.25) is 0 Å². The van der Waals surface area contributed by atoms with Gasteiger partial charge in [0.15, 0.2) is 0 Å². The molecule has 0 saturated carbocycles. The maximum Gasteiger partial charge on any atom is 0.0479 e.